The fourth-order valence-corrected chi connectivity index (χ4v) is 5.17. The van der Waals surface area contributed by atoms with Crippen molar-refractivity contribution in [2.24, 2.45) is 10.3 Å². The van der Waals surface area contributed by atoms with Gasteiger partial charge in [0.05, 0.1) is 16.8 Å². The number of nitrogens with two attached hydrogens (primary N) is 1. The lowest BCUT2D eigenvalue weighted by atomic mass is 9.99. The van der Waals surface area contributed by atoms with Crippen molar-refractivity contribution in [1.82, 2.24) is 19.5 Å². The largest absolute Gasteiger partial charge is 0.364 e. The number of H-pyrrole nitrogens is 1. The molecule has 1 aliphatic heterocycles. The summed E-state index contributed by atoms with van der Waals surface area (Å²) in [5, 5.41) is 19.7. The molecule has 1 saturated heterocycles. The molecule has 0 saturated carbocycles. The number of piperidine rings is 1. The average Bonchev–Trinajstić information content (AvgIpc) is 3.21. The van der Waals surface area contributed by atoms with E-state index in [0.717, 1.165) is 12.1 Å². The Balaban J connectivity index is 1.61. The van der Waals surface area contributed by atoms with Crippen LogP contribution in [0, 0.1) is 16.5 Å². The number of nitrogens with zero attached hydrogens (tertiary/aromatic N) is 4. The van der Waals surface area contributed by atoms with Crippen molar-refractivity contribution in [2.75, 3.05) is 18.4 Å². The topological polar surface area (TPSA) is 146 Å². The highest BCUT2D eigenvalue weighted by Gasteiger charge is 2.27. The van der Waals surface area contributed by atoms with Crippen LogP contribution in [0.4, 0.5) is 14.6 Å². The lowest BCUT2D eigenvalue weighted by molar-refractivity contribution is 0.330. The Bertz CT molecular complexity index is 1530. The van der Waals surface area contributed by atoms with Gasteiger partial charge in [0.15, 0.2) is 5.82 Å². The Kier molecular flexibility index (Phi) is 5.91. The normalized spacial score (nSPS) is 15.6. The van der Waals surface area contributed by atoms with Crippen LogP contribution in [0.5, 0.6) is 0 Å². The summed E-state index contributed by atoms with van der Waals surface area (Å²) in [5.74, 6) is -1.16. The SMILES string of the molecule is NS(=O)(=O)N1CCC(Nc2n[nH]c3c2nc(-c2c(F)cccc2F)c2cc(CN=O)ccc23)CC1. The number of nitrogens with one attached hydrogen (secondary N) is 2. The zero-order chi connectivity index (χ0) is 24.7. The van der Waals surface area contributed by atoms with E-state index in [9.17, 15) is 22.1 Å². The van der Waals surface area contributed by atoms with E-state index >= 15 is 0 Å². The lowest BCUT2D eigenvalue weighted by Gasteiger charge is -2.30. The molecular formula is C22H21F2N7O3S. The molecule has 10 nitrogen and oxygen atoms in total. The number of nitroso groups, excluding NO2 is 1. The van der Waals surface area contributed by atoms with E-state index in [4.69, 9.17) is 5.14 Å². The molecule has 4 N–H and O–H groups in total. The molecule has 3 heterocycles. The van der Waals surface area contributed by atoms with Crippen molar-refractivity contribution in [2.45, 2.75) is 25.4 Å². The minimum Gasteiger partial charge on any atom is -0.364 e. The Morgan fingerprint density at radius 3 is 2.51 bits per heavy atom. The van der Waals surface area contributed by atoms with Gasteiger partial charge in [-0.15, -0.1) is 0 Å². The molecule has 0 spiro atoms. The Morgan fingerprint density at radius 2 is 1.86 bits per heavy atom. The molecule has 13 heteroatoms. The minimum absolute atomic E-state index is 0.0735. The van der Waals surface area contributed by atoms with Crippen molar-refractivity contribution in [1.29, 1.82) is 0 Å². The van der Waals surface area contributed by atoms with Gasteiger partial charge in [0.1, 0.15) is 23.7 Å². The number of aromatic nitrogens is 3. The summed E-state index contributed by atoms with van der Waals surface area (Å²) in [6.07, 6.45) is 0.991. The molecular weight excluding hydrogens is 480 g/mol. The van der Waals surface area contributed by atoms with Gasteiger partial charge in [-0.25, -0.2) is 18.9 Å². The van der Waals surface area contributed by atoms with Crippen LogP contribution in [0.25, 0.3) is 33.1 Å². The third kappa shape index (κ3) is 4.33. The van der Waals surface area contributed by atoms with E-state index in [1.54, 1.807) is 18.2 Å². The van der Waals surface area contributed by atoms with Gasteiger partial charge in [0.25, 0.3) is 10.2 Å². The van der Waals surface area contributed by atoms with Gasteiger partial charge in [0, 0.05) is 29.9 Å². The van der Waals surface area contributed by atoms with Crippen LogP contribution in [0.2, 0.25) is 0 Å². The summed E-state index contributed by atoms with van der Waals surface area (Å²) < 4.78 is 53.9. The number of anilines is 1. The summed E-state index contributed by atoms with van der Waals surface area (Å²) >= 11 is 0. The number of pyridine rings is 1. The van der Waals surface area contributed by atoms with Crippen LogP contribution >= 0.6 is 0 Å². The number of benzene rings is 2. The van der Waals surface area contributed by atoms with Gasteiger partial charge in [-0.05, 0) is 36.6 Å². The second-order valence-electron chi connectivity index (χ2n) is 8.38. The van der Waals surface area contributed by atoms with E-state index in [2.05, 4.69) is 25.7 Å². The molecule has 4 aromatic rings. The highest BCUT2D eigenvalue weighted by molar-refractivity contribution is 7.86. The van der Waals surface area contributed by atoms with Crippen molar-refractivity contribution in [3.63, 3.8) is 0 Å². The highest BCUT2D eigenvalue weighted by Crippen LogP contribution is 2.37. The lowest BCUT2D eigenvalue weighted by Crippen LogP contribution is -2.45. The number of fused-ring (bicyclic) bond motifs is 3. The molecule has 0 unspecified atom stereocenters. The maximum atomic E-state index is 14.8. The number of halogens is 2. The quantitative estimate of drug-likeness (QED) is 0.345. The predicted octanol–water partition coefficient (Wildman–Crippen LogP) is 3.40. The van der Waals surface area contributed by atoms with Gasteiger partial charge in [-0.3, -0.25) is 5.10 Å². The first-order valence-electron chi connectivity index (χ1n) is 10.8. The van der Waals surface area contributed by atoms with Gasteiger partial charge in [-0.2, -0.15) is 22.7 Å². The third-order valence-electron chi connectivity index (χ3n) is 6.17. The molecule has 182 valence electrons. The second-order valence-corrected chi connectivity index (χ2v) is 9.93. The summed E-state index contributed by atoms with van der Waals surface area (Å²) in [7, 11) is -3.75. The third-order valence-corrected chi connectivity index (χ3v) is 7.26. The minimum atomic E-state index is -3.75. The summed E-state index contributed by atoms with van der Waals surface area (Å²) in [6.45, 7) is 0.420. The van der Waals surface area contributed by atoms with E-state index in [1.165, 1.54) is 10.4 Å². The first kappa shape index (κ1) is 23.2. The van der Waals surface area contributed by atoms with E-state index < -0.39 is 21.8 Å². The number of hydrogen-bond donors (Lipinski definition) is 3. The second kappa shape index (κ2) is 8.91. The van der Waals surface area contributed by atoms with Crippen LogP contribution in [0.1, 0.15) is 18.4 Å². The summed E-state index contributed by atoms with van der Waals surface area (Å²) in [4.78, 5) is 15.4. The summed E-state index contributed by atoms with van der Waals surface area (Å²) in [5.41, 5.74) is 1.29. The van der Waals surface area contributed by atoms with Gasteiger partial charge < -0.3 is 5.32 Å². The van der Waals surface area contributed by atoms with E-state index in [-0.39, 0.29) is 36.9 Å². The molecule has 2 aromatic heterocycles. The van der Waals surface area contributed by atoms with Crippen molar-refractivity contribution in [3.8, 4) is 11.3 Å². The first-order valence-corrected chi connectivity index (χ1v) is 12.3. The van der Waals surface area contributed by atoms with Crippen LogP contribution in [0.3, 0.4) is 0 Å². The molecule has 0 amide bonds. The molecule has 0 bridgehead atoms. The maximum Gasteiger partial charge on any atom is 0.276 e. The average molecular weight is 502 g/mol. The van der Waals surface area contributed by atoms with Gasteiger partial charge in [0.2, 0.25) is 0 Å². The number of aromatic amines is 1. The molecule has 0 atom stereocenters. The summed E-state index contributed by atoms with van der Waals surface area (Å²) in [6, 6.07) is 8.56. The van der Waals surface area contributed by atoms with E-state index in [0.29, 0.717) is 46.0 Å². The Labute approximate surface area is 198 Å². The molecule has 0 radical (unpaired) electrons. The molecule has 35 heavy (non-hydrogen) atoms. The Morgan fingerprint density at radius 1 is 1.14 bits per heavy atom. The van der Waals surface area contributed by atoms with Gasteiger partial charge >= 0.3 is 0 Å². The van der Waals surface area contributed by atoms with Crippen molar-refractivity contribution < 1.29 is 17.2 Å². The molecule has 5 rings (SSSR count). The van der Waals surface area contributed by atoms with Crippen LogP contribution < -0.4 is 10.5 Å². The van der Waals surface area contributed by atoms with Crippen molar-refractivity contribution in [3.05, 3.63) is 58.5 Å². The monoisotopic (exact) mass is 501 g/mol. The molecule has 1 fully saturated rings. The first-order chi connectivity index (χ1) is 16.8. The van der Waals surface area contributed by atoms with Crippen LogP contribution in [-0.4, -0.2) is 47.0 Å². The molecule has 1 aliphatic rings. The highest BCUT2D eigenvalue weighted by atomic mass is 32.2. The predicted molar refractivity (Wildman–Crippen MR) is 128 cm³/mol. The van der Waals surface area contributed by atoms with Crippen LogP contribution in [-0.2, 0) is 16.8 Å². The Hall–Kier alpha value is -3.55. The zero-order valence-electron chi connectivity index (χ0n) is 18.3. The zero-order valence-corrected chi connectivity index (χ0v) is 19.1. The number of rotatable bonds is 6. The van der Waals surface area contributed by atoms with Crippen LogP contribution in [0.15, 0.2) is 41.6 Å². The van der Waals surface area contributed by atoms with Crippen molar-refractivity contribution >= 4 is 37.8 Å². The smallest absolute Gasteiger partial charge is 0.276 e. The van der Waals surface area contributed by atoms with E-state index in [1.807, 2.05) is 0 Å². The fourth-order valence-electron chi connectivity index (χ4n) is 4.45. The maximum absolute atomic E-state index is 14.8. The fraction of sp³-hybridized carbons (Fsp3) is 0.273. The van der Waals surface area contributed by atoms with Gasteiger partial charge in [-0.1, -0.05) is 23.4 Å². The molecule has 0 aliphatic carbocycles. The molecule has 2 aromatic carbocycles. The number of hydrogen-bond acceptors (Lipinski definition) is 7. The standard InChI is InChI=1S/C22H21F2N7O3S/c23-16-2-1-3-17(24)18(16)19-15-10-12(11-26-32)4-5-14(15)20-21(28-19)22(30-29-20)27-13-6-8-31(9-7-13)35(25,33)34/h1-5,10,13H,6-9,11H2,(H2,25,33,34)(H2,27,29,30).